The third-order valence-electron chi connectivity index (χ3n) is 2.63. The van der Waals surface area contributed by atoms with Gasteiger partial charge in [-0.3, -0.25) is 4.79 Å². The van der Waals surface area contributed by atoms with E-state index in [2.05, 4.69) is 17.6 Å². The van der Waals surface area contributed by atoms with Crippen LogP contribution in [0.3, 0.4) is 0 Å². The van der Waals surface area contributed by atoms with Gasteiger partial charge in [-0.15, -0.1) is 0 Å². The zero-order valence-corrected chi connectivity index (χ0v) is 8.26. The van der Waals surface area contributed by atoms with Gasteiger partial charge in [0, 0.05) is 18.6 Å². The number of carboxylic acids is 1. The van der Waals surface area contributed by atoms with Gasteiger partial charge in [0.25, 0.3) is 0 Å². The summed E-state index contributed by atoms with van der Waals surface area (Å²) in [5.41, 5.74) is 0.0870. The molecule has 0 bridgehead atoms. The highest BCUT2D eigenvalue weighted by Gasteiger charge is 2.28. The summed E-state index contributed by atoms with van der Waals surface area (Å²) in [7, 11) is 0. The van der Waals surface area contributed by atoms with Crippen molar-refractivity contribution in [2.75, 3.05) is 19.6 Å². The molecule has 4 heteroatoms. The Morgan fingerprint density at radius 2 is 2.46 bits per heavy atom. The second kappa shape index (κ2) is 4.07. The van der Waals surface area contributed by atoms with Crippen molar-refractivity contribution in [2.24, 2.45) is 5.92 Å². The summed E-state index contributed by atoms with van der Waals surface area (Å²) in [6.07, 6.45) is 1.07. The topological polar surface area (TPSA) is 61.4 Å². The first kappa shape index (κ1) is 10.5. The highest BCUT2D eigenvalue weighted by Crippen LogP contribution is 2.13. The van der Waals surface area contributed by atoms with Crippen LogP contribution in [0.5, 0.6) is 0 Å². The predicted octanol–water partition coefficient (Wildman–Crippen LogP) is 0.0487. The van der Waals surface area contributed by atoms with Crippen molar-refractivity contribution in [3.05, 3.63) is 0 Å². The summed E-state index contributed by atoms with van der Waals surface area (Å²) < 4.78 is 0. The Bertz CT molecular complexity index is 188. The van der Waals surface area contributed by atoms with Crippen molar-refractivity contribution in [1.82, 2.24) is 10.6 Å². The highest BCUT2D eigenvalue weighted by molar-refractivity contribution is 5.69. The molecule has 0 amide bonds. The first-order valence-corrected chi connectivity index (χ1v) is 4.72. The molecule has 4 nitrogen and oxygen atoms in total. The molecule has 1 fully saturated rings. The average Bonchev–Trinajstić information content (AvgIpc) is 2.48. The second-order valence-corrected chi connectivity index (χ2v) is 4.11. The zero-order chi connectivity index (χ0) is 9.90. The van der Waals surface area contributed by atoms with Crippen LogP contribution in [0.2, 0.25) is 0 Å². The van der Waals surface area contributed by atoms with Crippen LogP contribution in [0, 0.1) is 5.92 Å². The fourth-order valence-corrected chi connectivity index (χ4v) is 1.45. The van der Waals surface area contributed by atoms with Gasteiger partial charge in [0.05, 0.1) is 5.92 Å². The predicted molar refractivity (Wildman–Crippen MR) is 50.7 cm³/mol. The molecule has 0 aliphatic carbocycles. The van der Waals surface area contributed by atoms with Crippen LogP contribution in [0.15, 0.2) is 0 Å². The Balaban J connectivity index is 2.28. The van der Waals surface area contributed by atoms with Gasteiger partial charge in [0.2, 0.25) is 0 Å². The van der Waals surface area contributed by atoms with E-state index < -0.39 is 5.97 Å². The van der Waals surface area contributed by atoms with Crippen LogP contribution in [0.4, 0.5) is 0 Å². The molecule has 0 saturated carbocycles. The number of hydrogen-bond donors (Lipinski definition) is 3. The van der Waals surface area contributed by atoms with Crippen molar-refractivity contribution in [3.63, 3.8) is 0 Å². The van der Waals surface area contributed by atoms with Crippen molar-refractivity contribution >= 4 is 5.97 Å². The van der Waals surface area contributed by atoms with Gasteiger partial charge in [-0.1, -0.05) is 6.92 Å². The van der Waals surface area contributed by atoms with Crippen LogP contribution in [0.25, 0.3) is 0 Å². The Morgan fingerprint density at radius 1 is 1.77 bits per heavy atom. The molecule has 0 aromatic carbocycles. The van der Waals surface area contributed by atoms with E-state index >= 15 is 0 Å². The summed E-state index contributed by atoms with van der Waals surface area (Å²) in [6.45, 7) is 6.35. The Labute approximate surface area is 78.7 Å². The molecule has 1 aliphatic rings. The number of carbonyl (C=O) groups is 1. The van der Waals surface area contributed by atoms with Gasteiger partial charge < -0.3 is 15.7 Å². The van der Waals surface area contributed by atoms with Gasteiger partial charge >= 0.3 is 5.97 Å². The maximum Gasteiger partial charge on any atom is 0.307 e. The lowest BCUT2D eigenvalue weighted by Crippen LogP contribution is -2.46. The Morgan fingerprint density at radius 3 is 2.92 bits per heavy atom. The third-order valence-corrected chi connectivity index (χ3v) is 2.63. The van der Waals surface area contributed by atoms with Gasteiger partial charge in [0.1, 0.15) is 0 Å². The molecule has 2 unspecified atom stereocenters. The molecule has 1 saturated heterocycles. The summed E-state index contributed by atoms with van der Waals surface area (Å²) >= 11 is 0. The molecular formula is C9H18N2O2. The number of nitrogens with one attached hydrogen (secondary N) is 2. The zero-order valence-electron chi connectivity index (χ0n) is 8.26. The van der Waals surface area contributed by atoms with Crippen molar-refractivity contribution in [3.8, 4) is 0 Å². The average molecular weight is 186 g/mol. The van der Waals surface area contributed by atoms with E-state index in [-0.39, 0.29) is 11.5 Å². The molecule has 1 rings (SSSR count). The molecule has 1 aliphatic heterocycles. The second-order valence-electron chi connectivity index (χ2n) is 4.11. The molecule has 0 spiro atoms. The third kappa shape index (κ3) is 2.97. The number of rotatable bonds is 4. The van der Waals surface area contributed by atoms with E-state index in [0.717, 1.165) is 19.5 Å². The number of carboxylic acid groups (broad SMARTS) is 1. The van der Waals surface area contributed by atoms with E-state index in [0.29, 0.717) is 6.54 Å². The maximum atomic E-state index is 10.6. The molecular weight excluding hydrogens is 168 g/mol. The van der Waals surface area contributed by atoms with Crippen molar-refractivity contribution in [2.45, 2.75) is 25.8 Å². The van der Waals surface area contributed by atoms with Crippen LogP contribution >= 0.6 is 0 Å². The number of hydrogen-bond acceptors (Lipinski definition) is 3. The fourth-order valence-electron chi connectivity index (χ4n) is 1.45. The van der Waals surface area contributed by atoms with Crippen LogP contribution in [0.1, 0.15) is 20.3 Å². The standard InChI is InChI=1S/C9H18N2O2/c1-7(8(12)13)5-11-9(2)3-4-10-6-9/h7,10-11H,3-6H2,1-2H3,(H,12,13). The maximum absolute atomic E-state index is 10.6. The Hall–Kier alpha value is -0.610. The van der Waals surface area contributed by atoms with E-state index in [9.17, 15) is 4.79 Å². The first-order chi connectivity index (χ1) is 6.03. The van der Waals surface area contributed by atoms with Crippen molar-refractivity contribution in [1.29, 1.82) is 0 Å². The van der Waals surface area contributed by atoms with E-state index in [4.69, 9.17) is 5.11 Å². The largest absolute Gasteiger partial charge is 0.481 e. The number of aliphatic carboxylic acids is 1. The molecule has 0 aromatic heterocycles. The minimum atomic E-state index is -0.734. The van der Waals surface area contributed by atoms with E-state index in [1.165, 1.54) is 0 Å². The molecule has 0 aromatic rings. The summed E-state index contributed by atoms with van der Waals surface area (Å²) in [6, 6.07) is 0. The molecule has 13 heavy (non-hydrogen) atoms. The Kier molecular flexibility index (Phi) is 3.27. The first-order valence-electron chi connectivity index (χ1n) is 4.72. The minimum absolute atomic E-state index is 0.0870. The molecule has 3 N–H and O–H groups in total. The lowest BCUT2D eigenvalue weighted by Gasteiger charge is -2.25. The minimum Gasteiger partial charge on any atom is -0.481 e. The van der Waals surface area contributed by atoms with E-state index in [1.54, 1.807) is 6.92 Å². The molecule has 1 heterocycles. The van der Waals surface area contributed by atoms with Crippen molar-refractivity contribution < 1.29 is 9.90 Å². The van der Waals surface area contributed by atoms with Gasteiger partial charge in [-0.2, -0.15) is 0 Å². The monoisotopic (exact) mass is 186 g/mol. The smallest absolute Gasteiger partial charge is 0.307 e. The lowest BCUT2D eigenvalue weighted by atomic mass is 10.0. The quantitative estimate of drug-likeness (QED) is 0.580. The molecule has 76 valence electrons. The van der Waals surface area contributed by atoms with Gasteiger partial charge in [0.15, 0.2) is 0 Å². The summed E-state index contributed by atoms with van der Waals surface area (Å²) in [4.78, 5) is 10.6. The SMILES string of the molecule is CC(CNC1(C)CCNC1)C(=O)O. The van der Waals surface area contributed by atoms with Gasteiger partial charge in [-0.05, 0) is 19.9 Å². The normalized spacial score (nSPS) is 30.3. The molecule has 0 radical (unpaired) electrons. The molecule has 2 atom stereocenters. The summed E-state index contributed by atoms with van der Waals surface area (Å²) in [5.74, 6) is -1.04. The van der Waals surface area contributed by atoms with E-state index in [1.807, 2.05) is 0 Å². The fraction of sp³-hybridized carbons (Fsp3) is 0.889. The summed E-state index contributed by atoms with van der Waals surface area (Å²) in [5, 5.41) is 15.2. The lowest BCUT2D eigenvalue weighted by molar-refractivity contribution is -0.141. The van der Waals surface area contributed by atoms with Gasteiger partial charge in [-0.25, -0.2) is 0 Å². The van der Waals surface area contributed by atoms with Crippen LogP contribution in [-0.2, 0) is 4.79 Å². The highest BCUT2D eigenvalue weighted by atomic mass is 16.4. The van der Waals surface area contributed by atoms with Crippen LogP contribution in [-0.4, -0.2) is 36.2 Å². The van der Waals surface area contributed by atoms with Crippen LogP contribution < -0.4 is 10.6 Å².